The summed E-state index contributed by atoms with van der Waals surface area (Å²) in [5.74, 6) is 0.0126. The van der Waals surface area contributed by atoms with Crippen LogP contribution >= 0.6 is 11.6 Å². The Labute approximate surface area is 99.4 Å². The summed E-state index contributed by atoms with van der Waals surface area (Å²) in [7, 11) is 0. The molecule has 1 aromatic heterocycles. The van der Waals surface area contributed by atoms with Crippen LogP contribution < -0.4 is 10.6 Å². The molecule has 1 fully saturated rings. The van der Waals surface area contributed by atoms with Gasteiger partial charge in [0.2, 0.25) is 0 Å². The van der Waals surface area contributed by atoms with E-state index < -0.39 is 0 Å². The van der Waals surface area contributed by atoms with Gasteiger partial charge < -0.3 is 10.6 Å². The second-order valence-electron chi connectivity index (χ2n) is 4.29. The number of piperidine rings is 1. The fraction of sp³-hybridized carbons (Fsp3) is 0.545. The van der Waals surface area contributed by atoms with E-state index in [4.69, 9.17) is 17.3 Å². The minimum Gasteiger partial charge on any atom is -0.351 e. The molecule has 3 nitrogen and oxygen atoms in total. The van der Waals surface area contributed by atoms with E-state index in [9.17, 15) is 4.39 Å². The highest BCUT2D eigenvalue weighted by molar-refractivity contribution is 6.30. The van der Waals surface area contributed by atoms with Crippen molar-refractivity contribution >= 4 is 17.4 Å². The van der Waals surface area contributed by atoms with Crippen LogP contribution in [-0.2, 0) is 0 Å². The molecule has 0 spiro atoms. The number of hydrogen-bond acceptors (Lipinski definition) is 3. The highest BCUT2D eigenvalue weighted by Gasteiger charge is 2.26. The Balaban J connectivity index is 2.23. The van der Waals surface area contributed by atoms with Gasteiger partial charge in [0, 0.05) is 24.8 Å². The number of halogens is 2. The van der Waals surface area contributed by atoms with Gasteiger partial charge in [-0.15, -0.1) is 0 Å². The van der Waals surface area contributed by atoms with E-state index in [2.05, 4.69) is 4.98 Å². The number of hydrogen-bond donors (Lipinski definition) is 1. The first kappa shape index (κ1) is 11.6. The summed E-state index contributed by atoms with van der Waals surface area (Å²) in [6, 6.07) is 1.72. The highest BCUT2D eigenvalue weighted by atomic mass is 35.5. The summed E-state index contributed by atoms with van der Waals surface area (Å²) < 4.78 is 13.7. The Kier molecular flexibility index (Phi) is 3.30. The van der Waals surface area contributed by atoms with Crippen LogP contribution in [0.25, 0.3) is 0 Å². The van der Waals surface area contributed by atoms with Crippen LogP contribution in [0.2, 0.25) is 5.02 Å². The Hall–Kier alpha value is -0.870. The van der Waals surface area contributed by atoms with E-state index in [1.165, 1.54) is 12.3 Å². The van der Waals surface area contributed by atoms with E-state index in [1.54, 1.807) is 0 Å². The second kappa shape index (κ2) is 4.55. The van der Waals surface area contributed by atoms with Crippen LogP contribution in [0.5, 0.6) is 0 Å². The third kappa shape index (κ3) is 2.28. The monoisotopic (exact) mass is 243 g/mol. The molecule has 88 valence electrons. The summed E-state index contributed by atoms with van der Waals surface area (Å²) in [6.45, 7) is 2.78. The van der Waals surface area contributed by atoms with E-state index in [0.717, 1.165) is 19.4 Å². The van der Waals surface area contributed by atoms with Gasteiger partial charge >= 0.3 is 0 Å². The van der Waals surface area contributed by atoms with Crippen LogP contribution in [0.3, 0.4) is 0 Å². The van der Waals surface area contributed by atoms with Gasteiger partial charge in [0.25, 0.3) is 0 Å². The van der Waals surface area contributed by atoms with E-state index in [0.29, 0.717) is 10.8 Å². The second-order valence-corrected chi connectivity index (χ2v) is 4.72. The SMILES string of the molecule is CC1CC(N)CCN1c1ncc(Cl)cc1F. The topological polar surface area (TPSA) is 42.1 Å². The summed E-state index contributed by atoms with van der Waals surface area (Å²) in [5, 5.41) is 0.322. The van der Waals surface area contributed by atoms with Crippen molar-refractivity contribution in [2.75, 3.05) is 11.4 Å². The normalized spacial score (nSPS) is 25.9. The first-order valence-corrected chi connectivity index (χ1v) is 5.79. The van der Waals surface area contributed by atoms with E-state index in [1.807, 2.05) is 11.8 Å². The molecule has 1 aliphatic rings. The Morgan fingerprint density at radius 2 is 2.38 bits per heavy atom. The van der Waals surface area contributed by atoms with E-state index in [-0.39, 0.29) is 17.9 Å². The first-order valence-electron chi connectivity index (χ1n) is 5.41. The molecule has 1 saturated heterocycles. The third-order valence-corrected chi connectivity index (χ3v) is 3.18. The Bertz CT molecular complexity index is 385. The number of rotatable bonds is 1. The molecule has 2 heterocycles. The number of nitrogens with zero attached hydrogens (tertiary/aromatic N) is 2. The fourth-order valence-electron chi connectivity index (χ4n) is 2.14. The lowest BCUT2D eigenvalue weighted by atomic mass is 9.99. The third-order valence-electron chi connectivity index (χ3n) is 2.98. The summed E-state index contributed by atoms with van der Waals surface area (Å²) >= 11 is 5.67. The van der Waals surface area contributed by atoms with Crippen molar-refractivity contribution in [2.24, 2.45) is 5.73 Å². The van der Waals surface area contributed by atoms with Crippen LogP contribution in [-0.4, -0.2) is 23.6 Å². The molecular weight excluding hydrogens is 229 g/mol. The van der Waals surface area contributed by atoms with Crippen molar-refractivity contribution in [1.82, 2.24) is 4.98 Å². The van der Waals surface area contributed by atoms with E-state index >= 15 is 0 Å². The molecule has 16 heavy (non-hydrogen) atoms. The highest BCUT2D eigenvalue weighted by Crippen LogP contribution is 2.26. The average molecular weight is 244 g/mol. The maximum absolute atomic E-state index is 13.7. The van der Waals surface area contributed by atoms with Crippen LogP contribution in [0.4, 0.5) is 10.2 Å². The minimum absolute atomic E-state index is 0.210. The lowest BCUT2D eigenvalue weighted by molar-refractivity contribution is 0.421. The maximum atomic E-state index is 13.7. The smallest absolute Gasteiger partial charge is 0.167 e. The summed E-state index contributed by atoms with van der Waals surface area (Å²) in [6.07, 6.45) is 3.21. The molecular formula is C11H15ClFN3. The number of aromatic nitrogens is 1. The maximum Gasteiger partial charge on any atom is 0.167 e. The molecule has 2 atom stereocenters. The van der Waals surface area contributed by atoms with Crippen LogP contribution in [0.1, 0.15) is 19.8 Å². The van der Waals surface area contributed by atoms with Gasteiger partial charge in [0.15, 0.2) is 11.6 Å². The molecule has 5 heteroatoms. The largest absolute Gasteiger partial charge is 0.351 e. The molecule has 2 unspecified atom stereocenters. The standard InChI is InChI=1S/C11H15ClFN3/c1-7-4-9(14)2-3-16(7)11-10(13)5-8(12)6-15-11/h5-7,9H,2-4,14H2,1H3. The zero-order chi connectivity index (χ0) is 11.7. The molecule has 1 aromatic rings. The molecule has 2 rings (SSSR count). The molecule has 0 bridgehead atoms. The molecule has 0 saturated carbocycles. The summed E-state index contributed by atoms with van der Waals surface area (Å²) in [4.78, 5) is 6.01. The average Bonchev–Trinajstić information content (AvgIpc) is 2.19. The predicted octanol–water partition coefficient (Wildman–Crippen LogP) is 2.19. The molecule has 0 aliphatic carbocycles. The van der Waals surface area contributed by atoms with Crippen molar-refractivity contribution in [2.45, 2.75) is 31.8 Å². The quantitative estimate of drug-likeness (QED) is 0.822. The van der Waals surface area contributed by atoms with Gasteiger partial charge in [0.05, 0.1) is 5.02 Å². The Morgan fingerprint density at radius 3 is 3.00 bits per heavy atom. The lowest BCUT2D eigenvalue weighted by Crippen LogP contribution is -2.46. The number of nitrogens with two attached hydrogens (primary N) is 1. The van der Waals surface area contributed by atoms with Crippen molar-refractivity contribution in [1.29, 1.82) is 0 Å². The lowest BCUT2D eigenvalue weighted by Gasteiger charge is -2.37. The first-order chi connectivity index (χ1) is 7.58. The fourth-order valence-corrected chi connectivity index (χ4v) is 2.29. The predicted molar refractivity (Wildman–Crippen MR) is 63.2 cm³/mol. The molecule has 0 radical (unpaired) electrons. The van der Waals surface area contributed by atoms with Crippen molar-refractivity contribution in [3.8, 4) is 0 Å². The number of anilines is 1. The van der Waals surface area contributed by atoms with Gasteiger partial charge in [-0.05, 0) is 25.8 Å². The minimum atomic E-state index is -0.366. The molecule has 0 aromatic carbocycles. The van der Waals surface area contributed by atoms with Crippen molar-refractivity contribution in [3.63, 3.8) is 0 Å². The van der Waals surface area contributed by atoms with Crippen LogP contribution in [0, 0.1) is 5.82 Å². The van der Waals surface area contributed by atoms with Gasteiger partial charge in [-0.25, -0.2) is 9.37 Å². The van der Waals surface area contributed by atoms with Crippen LogP contribution in [0.15, 0.2) is 12.3 Å². The number of pyridine rings is 1. The zero-order valence-corrected chi connectivity index (χ0v) is 9.91. The Morgan fingerprint density at radius 1 is 1.62 bits per heavy atom. The van der Waals surface area contributed by atoms with Crippen molar-refractivity contribution in [3.05, 3.63) is 23.1 Å². The van der Waals surface area contributed by atoms with Gasteiger partial charge in [-0.1, -0.05) is 11.6 Å². The van der Waals surface area contributed by atoms with Crippen molar-refractivity contribution < 1.29 is 4.39 Å². The van der Waals surface area contributed by atoms with Gasteiger partial charge in [-0.2, -0.15) is 0 Å². The van der Waals surface area contributed by atoms with Gasteiger partial charge in [0.1, 0.15) is 0 Å². The summed E-state index contributed by atoms with van der Waals surface area (Å²) in [5.41, 5.74) is 5.87. The molecule has 1 aliphatic heterocycles. The van der Waals surface area contributed by atoms with Gasteiger partial charge in [-0.3, -0.25) is 0 Å². The molecule has 2 N–H and O–H groups in total. The zero-order valence-electron chi connectivity index (χ0n) is 9.16. The molecule has 0 amide bonds.